The van der Waals surface area contributed by atoms with Crippen LogP contribution in [0.1, 0.15) is 50.5 Å². The zero-order valence-corrected chi connectivity index (χ0v) is 27.8. The van der Waals surface area contributed by atoms with Gasteiger partial charge in [-0.05, 0) is 75.7 Å². The van der Waals surface area contributed by atoms with Crippen LogP contribution < -0.4 is 9.64 Å². The Balaban J connectivity index is 1.25. The van der Waals surface area contributed by atoms with Crippen molar-refractivity contribution in [2.45, 2.75) is 69.2 Å². The van der Waals surface area contributed by atoms with E-state index in [-0.39, 0.29) is 69.2 Å². The fourth-order valence-electron chi connectivity index (χ4n) is 9.21. The van der Waals surface area contributed by atoms with Gasteiger partial charge in [-0.2, -0.15) is 23.1 Å². The standard InChI is InChI=1S/C37H35F5N6O3/c1-3-24-27(38)10-7-20-14-23(49)15-25(29(20)24)31-30(39)32-26(16-43-31)33(47-17-21-8-9-22(18-47)48(21)34(50)37(40,41)42)45-35(44-32)51-19-36-11-4-6-28(36)46(2)13-5-12-36/h1,7,10,14-16,21-22,28,49H,4-6,8-9,11-13,17-19H2,2H3/t21?,22?,28-,36-/m1/s1. The molecule has 51 heavy (non-hydrogen) atoms. The van der Waals surface area contributed by atoms with Crippen LogP contribution in [-0.2, 0) is 4.79 Å². The van der Waals surface area contributed by atoms with Crippen molar-refractivity contribution in [3.63, 3.8) is 0 Å². The molecule has 2 bridgehead atoms. The highest BCUT2D eigenvalue weighted by molar-refractivity contribution is 6.03. The Morgan fingerprint density at radius 2 is 1.84 bits per heavy atom. The monoisotopic (exact) mass is 706 g/mol. The number of halogens is 5. The number of phenols is 1. The first-order valence-corrected chi connectivity index (χ1v) is 17.1. The number of likely N-dealkylation sites (tertiary alicyclic amines) is 1. The molecule has 266 valence electrons. The molecule has 8 rings (SSSR count). The largest absolute Gasteiger partial charge is 0.508 e. The van der Waals surface area contributed by atoms with E-state index in [1.165, 1.54) is 30.5 Å². The summed E-state index contributed by atoms with van der Waals surface area (Å²) in [7, 11) is 2.11. The van der Waals surface area contributed by atoms with E-state index in [9.17, 15) is 27.5 Å². The number of carbonyl (C=O) groups excluding carboxylic acids is 1. The van der Waals surface area contributed by atoms with Crippen LogP contribution >= 0.6 is 0 Å². The number of ether oxygens (including phenoxy) is 1. The van der Waals surface area contributed by atoms with Gasteiger partial charge in [0.2, 0.25) is 0 Å². The molecular formula is C37H35F5N6O3. The molecule has 0 radical (unpaired) electrons. The van der Waals surface area contributed by atoms with E-state index >= 15 is 4.39 Å². The van der Waals surface area contributed by atoms with Crippen molar-refractivity contribution in [1.29, 1.82) is 0 Å². The number of pyridine rings is 1. The number of hydrogen-bond donors (Lipinski definition) is 1. The third kappa shape index (κ3) is 5.48. The number of fused-ring (bicyclic) bond motifs is 5. The van der Waals surface area contributed by atoms with E-state index in [0.717, 1.165) is 43.5 Å². The fraction of sp³-hybridized carbons (Fsp3) is 0.459. The summed E-state index contributed by atoms with van der Waals surface area (Å²) in [6.45, 7) is 1.36. The van der Waals surface area contributed by atoms with Gasteiger partial charge in [-0.1, -0.05) is 18.4 Å². The molecule has 9 nitrogen and oxygen atoms in total. The molecule has 1 N–H and O–H groups in total. The first-order valence-electron chi connectivity index (χ1n) is 17.1. The third-order valence-electron chi connectivity index (χ3n) is 11.4. The van der Waals surface area contributed by atoms with Crippen molar-refractivity contribution in [1.82, 2.24) is 24.8 Å². The molecule has 1 amide bonds. The molecule has 4 aromatic rings. The zero-order valence-electron chi connectivity index (χ0n) is 27.8. The first-order chi connectivity index (χ1) is 24.4. The van der Waals surface area contributed by atoms with Crippen molar-refractivity contribution in [3.8, 4) is 35.4 Å². The first kappa shape index (κ1) is 33.4. The lowest BCUT2D eigenvalue weighted by Gasteiger charge is -2.44. The van der Waals surface area contributed by atoms with Gasteiger partial charge in [0.1, 0.15) is 28.6 Å². The summed E-state index contributed by atoms with van der Waals surface area (Å²) < 4.78 is 78.8. The number of phenolic OH excluding ortho intramolecular Hbond substituents is 1. The summed E-state index contributed by atoms with van der Waals surface area (Å²) in [6.07, 6.45) is 7.79. The van der Waals surface area contributed by atoms with Gasteiger partial charge in [0.15, 0.2) is 5.82 Å². The predicted molar refractivity (Wildman–Crippen MR) is 179 cm³/mol. The van der Waals surface area contributed by atoms with E-state index < -0.39 is 35.8 Å². The maximum Gasteiger partial charge on any atom is 0.471 e. The van der Waals surface area contributed by atoms with Crippen molar-refractivity contribution in [2.75, 3.05) is 38.2 Å². The van der Waals surface area contributed by atoms with E-state index in [0.29, 0.717) is 30.9 Å². The molecule has 3 aliphatic heterocycles. The molecule has 2 aromatic carbocycles. The van der Waals surface area contributed by atoms with Gasteiger partial charge in [0.25, 0.3) is 0 Å². The summed E-state index contributed by atoms with van der Waals surface area (Å²) in [5.41, 5.74) is -0.620. The van der Waals surface area contributed by atoms with E-state index in [4.69, 9.17) is 16.1 Å². The lowest BCUT2D eigenvalue weighted by molar-refractivity contribution is -0.188. The number of alkyl halides is 3. The van der Waals surface area contributed by atoms with Crippen molar-refractivity contribution in [3.05, 3.63) is 47.7 Å². The number of aromatic hydroxyl groups is 1. The number of rotatable bonds is 5. The van der Waals surface area contributed by atoms with Crippen LogP contribution in [0.2, 0.25) is 0 Å². The summed E-state index contributed by atoms with van der Waals surface area (Å²) >= 11 is 0. The van der Waals surface area contributed by atoms with E-state index in [2.05, 4.69) is 27.8 Å². The Kier molecular flexibility index (Phi) is 7.97. The summed E-state index contributed by atoms with van der Waals surface area (Å²) in [4.78, 5) is 31.1. The summed E-state index contributed by atoms with van der Waals surface area (Å²) in [6, 6.07) is 4.01. The predicted octanol–water partition coefficient (Wildman–Crippen LogP) is 6.20. The number of carbonyl (C=O) groups is 1. The Bertz CT molecular complexity index is 2110. The highest BCUT2D eigenvalue weighted by Crippen LogP contribution is 2.48. The Labute approximate surface area is 290 Å². The van der Waals surface area contributed by atoms with Gasteiger partial charge in [0.05, 0.1) is 29.6 Å². The topological polar surface area (TPSA) is 94.9 Å². The quantitative estimate of drug-likeness (QED) is 0.194. The number of anilines is 1. The number of benzene rings is 2. The third-order valence-corrected chi connectivity index (χ3v) is 11.4. The number of piperidine rings is 1. The second kappa shape index (κ2) is 12.2. The molecule has 14 heteroatoms. The van der Waals surface area contributed by atoms with Crippen LogP contribution in [0, 0.1) is 29.4 Å². The van der Waals surface area contributed by atoms with Crippen LogP contribution in [0.4, 0.5) is 27.8 Å². The van der Waals surface area contributed by atoms with Gasteiger partial charge in [-0.3, -0.25) is 9.78 Å². The minimum Gasteiger partial charge on any atom is -0.508 e. The smallest absolute Gasteiger partial charge is 0.471 e. The molecular weight excluding hydrogens is 671 g/mol. The normalized spacial score (nSPS) is 25.0. The van der Waals surface area contributed by atoms with E-state index in [1.54, 1.807) is 4.90 Å². The Morgan fingerprint density at radius 1 is 1.10 bits per heavy atom. The Hall–Kier alpha value is -4.77. The second-order valence-corrected chi connectivity index (χ2v) is 14.3. The minimum atomic E-state index is -5.00. The molecule has 5 heterocycles. The fourth-order valence-corrected chi connectivity index (χ4v) is 9.21. The van der Waals surface area contributed by atoms with Gasteiger partial charge < -0.3 is 24.5 Å². The minimum absolute atomic E-state index is 0.0338. The molecule has 3 saturated heterocycles. The molecule has 4 fully saturated rings. The molecule has 4 atom stereocenters. The SMILES string of the molecule is C#Cc1c(F)ccc2cc(O)cc(-c3ncc4c(N5CC6CCC(C5)N6C(=O)C(F)(F)F)nc(OC[C@]56CCC[C@H]5N(C)CCC6)nc4c3F)c12. The number of amides is 1. The van der Waals surface area contributed by atoms with E-state index in [1.807, 2.05) is 0 Å². The molecule has 2 unspecified atom stereocenters. The van der Waals surface area contributed by atoms with Crippen LogP contribution in [0.15, 0.2) is 30.5 Å². The lowest BCUT2D eigenvalue weighted by atomic mass is 9.76. The molecule has 2 aromatic heterocycles. The van der Waals surface area contributed by atoms with Gasteiger partial charge >= 0.3 is 18.1 Å². The van der Waals surface area contributed by atoms with Gasteiger partial charge in [-0.15, -0.1) is 6.42 Å². The number of terminal acetylenes is 1. The number of nitrogens with zero attached hydrogens (tertiary/aromatic N) is 6. The Morgan fingerprint density at radius 3 is 2.57 bits per heavy atom. The van der Waals surface area contributed by atoms with Crippen LogP contribution in [0.3, 0.4) is 0 Å². The molecule has 4 aliphatic rings. The average molecular weight is 707 g/mol. The maximum absolute atomic E-state index is 17.0. The number of aromatic nitrogens is 3. The zero-order chi connectivity index (χ0) is 35.8. The summed E-state index contributed by atoms with van der Waals surface area (Å²) in [5, 5.41) is 11.3. The van der Waals surface area contributed by atoms with Crippen molar-refractivity contribution >= 4 is 33.4 Å². The number of hydrogen-bond acceptors (Lipinski definition) is 8. The van der Waals surface area contributed by atoms with Gasteiger partial charge in [0, 0.05) is 41.7 Å². The summed E-state index contributed by atoms with van der Waals surface area (Å²) in [5.74, 6) is -1.13. The highest BCUT2D eigenvalue weighted by Gasteiger charge is 2.52. The average Bonchev–Trinajstić information content (AvgIpc) is 3.65. The van der Waals surface area contributed by atoms with Gasteiger partial charge in [-0.25, -0.2) is 8.78 Å². The van der Waals surface area contributed by atoms with Crippen LogP contribution in [0.25, 0.3) is 32.9 Å². The van der Waals surface area contributed by atoms with Crippen molar-refractivity contribution < 1.29 is 36.6 Å². The molecule has 0 spiro atoms. The number of piperazine rings is 1. The second-order valence-electron chi connectivity index (χ2n) is 14.3. The molecule has 1 saturated carbocycles. The highest BCUT2D eigenvalue weighted by atomic mass is 19.4. The van der Waals surface area contributed by atoms with Crippen molar-refractivity contribution in [2.24, 2.45) is 5.41 Å². The van der Waals surface area contributed by atoms with Crippen LogP contribution in [-0.4, -0.2) is 93.4 Å². The lowest BCUT2D eigenvalue weighted by Crippen LogP contribution is -2.59. The van der Waals surface area contributed by atoms with Crippen LogP contribution in [0.5, 0.6) is 11.8 Å². The molecule has 1 aliphatic carbocycles. The maximum atomic E-state index is 17.0.